The number of benzene rings is 2. The van der Waals surface area contributed by atoms with Crippen LogP contribution in [-0.2, 0) is 6.54 Å². The highest BCUT2D eigenvalue weighted by Gasteiger charge is 2.25. The van der Waals surface area contributed by atoms with Crippen molar-refractivity contribution in [1.29, 1.82) is 0 Å². The van der Waals surface area contributed by atoms with Crippen LogP contribution in [0.2, 0.25) is 0 Å². The second-order valence-corrected chi connectivity index (χ2v) is 7.12. The lowest BCUT2D eigenvalue weighted by Gasteiger charge is -2.34. The zero-order valence-corrected chi connectivity index (χ0v) is 16.4. The predicted molar refractivity (Wildman–Crippen MR) is 111 cm³/mol. The number of nitrogens with one attached hydrogen (secondary N) is 1. The van der Waals surface area contributed by atoms with Crippen LogP contribution in [-0.4, -0.2) is 57.7 Å². The molecule has 1 N–H and O–H groups in total. The van der Waals surface area contributed by atoms with Crippen molar-refractivity contribution in [2.45, 2.75) is 6.54 Å². The molecule has 8 heteroatoms. The lowest BCUT2D eigenvalue weighted by atomic mass is 10.1. The second-order valence-electron chi connectivity index (χ2n) is 7.12. The molecule has 1 saturated heterocycles. The van der Waals surface area contributed by atoms with Gasteiger partial charge in [-0.1, -0.05) is 12.1 Å². The summed E-state index contributed by atoms with van der Waals surface area (Å²) in [6.45, 7) is 2.46. The summed E-state index contributed by atoms with van der Waals surface area (Å²) in [5, 5.41) is 6.93. The summed E-state index contributed by atoms with van der Waals surface area (Å²) in [6, 6.07) is 14.8. The summed E-state index contributed by atoms with van der Waals surface area (Å²) >= 11 is 0. The van der Waals surface area contributed by atoms with Crippen molar-refractivity contribution in [3.8, 4) is 0 Å². The summed E-state index contributed by atoms with van der Waals surface area (Å²) in [5.74, 6) is -0.395. The number of carbonyl (C=O) groups is 2. The molecule has 4 rings (SSSR count). The molecule has 1 aliphatic heterocycles. The van der Waals surface area contributed by atoms with Crippen molar-refractivity contribution in [1.82, 2.24) is 19.6 Å². The summed E-state index contributed by atoms with van der Waals surface area (Å²) < 4.78 is 14.8. The Morgan fingerprint density at radius 3 is 2.23 bits per heavy atom. The first-order valence-electron chi connectivity index (χ1n) is 9.75. The van der Waals surface area contributed by atoms with E-state index in [-0.39, 0.29) is 17.8 Å². The van der Waals surface area contributed by atoms with Gasteiger partial charge in [-0.3, -0.25) is 9.48 Å². The van der Waals surface area contributed by atoms with Gasteiger partial charge in [0.25, 0.3) is 5.91 Å². The van der Waals surface area contributed by atoms with Crippen LogP contribution in [0.25, 0.3) is 0 Å². The van der Waals surface area contributed by atoms with Gasteiger partial charge in [0.15, 0.2) is 0 Å². The Morgan fingerprint density at radius 2 is 1.60 bits per heavy atom. The highest BCUT2D eigenvalue weighted by Crippen LogP contribution is 2.13. The Morgan fingerprint density at radius 1 is 0.933 bits per heavy atom. The molecular weight excluding hydrogens is 385 g/mol. The van der Waals surface area contributed by atoms with Gasteiger partial charge in [0.05, 0.1) is 6.54 Å². The first-order valence-corrected chi connectivity index (χ1v) is 9.75. The Labute approximate surface area is 173 Å². The first kappa shape index (κ1) is 19.6. The van der Waals surface area contributed by atoms with Gasteiger partial charge in [0, 0.05) is 49.8 Å². The number of aromatic nitrogens is 2. The maximum atomic E-state index is 13.0. The van der Waals surface area contributed by atoms with Gasteiger partial charge in [-0.15, -0.1) is 0 Å². The number of urea groups is 1. The van der Waals surface area contributed by atoms with E-state index < -0.39 is 0 Å². The highest BCUT2D eigenvalue weighted by molar-refractivity contribution is 5.94. The van der Waals surface area contributed by atoms with Crippen molar-refractivity contribution in [2.75, 3.05) is 31.5 Å². The number of anilines is 1. The van der Waals surface area contributed by atoms with Crippen LogP contribution < -0.4 is 5.32 Å². The monoisotopic (exact) mass is 407 g/mol. The molecule has 2 heterocycles. The molecule has 0 unspecified atom stereocenters. The Bertz CT molecular complexity index is 995. The summed E-state index contributed by atoms with van der Waals surface area (Å²) in [4.78, 5) is 28.6. The van der Waals surface area contributed by atoms with E-state index >= 15 is 0 Å². The van der Waals surface area contributed by atoms with Gasteiger partial charge >= 0.3 is 6.03 Å². The minimum atomic E-state index is -0.352. The molecule has 0 radical (unpaired) electrons. The number of carbonyl (C=O) groups excluding carboxylic acids is 2. The van der Waals surface area contributed by atoms with Crippen LogP contribution in [0.3, 0.4) is 0 Å². The molecule has 3 aromatic rings. The molecule has 154 valence electrons. The average Bonchev–Trinajstić information content (AvgIpc) is 3.28. The number of hydrogen-bond acceptors (Lipinski definition) is 3. The third-order valence-corrected chi connectivity index (χ3v) is 5.05. The van der Waals surface area contributed by atoms with Gasteiger partial charge in [0.2, 0.25) is 0 Å². The van der Waals surface area contributed by atoms with E-state index in [2.05, 4.69) is 10.4 Å². The van der Waals surface area contributed by atoms with E-state index in [0.717, 1.165) is 5.56 Å². The van der Waals surface area contributed by atoms with Crippen molar-refractivity contribution >= 4 is 17.6 Å². The SMILES string of the molecule is O=C(Nc1ccc(F)cc1)N1CCN(C(=O)c2ccc(Cn3cccn3)cc2)CC1. The van der Waals surface area contributed by atoms with Crippen molar-refractivity contribution < 1.29 is 14.0 Å². The number of amides is 3. The summed E-state index contributed by atoms with van der Waals surface area (Å²) in [6.07, 6.45) is 3.63. The molecule has 0 bridgehead atoms. The maximum absolute atomic E-state index is 13.0. The third kappa shape index (κ3) is 4.65. The molecule has 0 saturated carbocycles. The molecular formula is C22H22FN5O2. The zero-order chi connectivity index (χ0) is 20.9. The number of nitrogens with zero attached hydrogens (tertiary/aromatic N) is 4. The molecule has 30 heavy (non-hydrogen) atoms. The van der Waals surface area contributed by atoms with E-state index in [1.807, 2.05) is 41.2 Å². The quantitative estimate of drug-likeness (QED) is 0.723. The fourth-order valence-corrected chi connectivity index (χ4v) is 3.36. The molecule has 0 aliphatic carbocycles. The number of piperazine rings is 1. The van der Waals surface area contributed by atoms with E-state index in [4.69, 9.17) is 0 Å². The fraction of sp³-hybridized carbons (Fsp3) is 0.227. The Hall–Kier alpha value is -3.68. The predicted octanol–water partition coefficient (Wildman–Crippen LogP) is 3.06. The topological polar surface area (TPSA) is 70.5 Å². The second kappa shape index (κ2) is 8.77. The smallest absolute Gasteiger partial charge is 0.321 e. The molecule has 0 spiro atoms. The average molecular weight is 407 g/mol. The minimum Gasteiger partial charge on any atom is -0.335 e. The molecule has 7 nitrogen and oxygen atoms in total. The first-order chi connectivity index (χ1) is 14.6. The van der Waals surface area contributed by atoms with Gasteiger partial charge in [-0.2, -0.15) is 5.10 Å². The zero-order valence-electron chi connectivity index (χ0n) is 16.4. The van der Waals surface area contributed by atoms with Gasteiger partial charge in [-0.25, -0.2) is 9.18 Å². The summed E-state index contributed by atoms with van der Waals surface area (Å²) in [5.41, 5.74) is 2.23. The molecule has 3 amide bonds. The molecule has 1 fully saturated rings. The lowest BCUT2D eigenvalue weighted by Crippen LogP contribution is -2.51. The standard InChI is InChI=1S/C22H22FN5O2/c23-19-6-8-20(9-7-19)25-22(30)27-14-12-26(13-15-27)21(29)18-4-2-17(3-5-18)16-28-11-1-10-24-28/h1-11H,12-16H2,(H,25,30). The molecule has 1 aliphatic rings. The third-order valence-electron chi connectivity index (χ3n) is 5.05. The van der Waals surface area contributed by atoms with Crippen LogP contribution in [0.5, 0.6) is 0 Å². The fourth-order valence-electron chi connectivity index (χ4n) is 3.36. The van der Waals surface area contributed by atoms with Crippen molar-refractivity contribution in [2.24, 2.45) is 0 Å². The van der Waals surface area contributed by atoms with E-state index in [0.29, 0.717) is 44.0 Å². The molecule has 1 aromatic heterocycles. The highest BCUT2D eigenvalue weighted by atomic mass is 19.1. The number of hydrogen-bond donors (Lipinski definition) is 1. The van der Waals surface area contributed by atoms with E-state index in [1.54, 1.807) is 16.0 Å². The maximum Gasteiger partial charge on any atom is 0.321 e. The van der Waals surface area contributed by atoms with Crippen LogP contribution >= 0.6 is 0 Å². The Balaban J connectivity index is 1.29. The minimum absolute atomic E-state index is 0.0424. The Kier molecular flexibility index (Phi) is 5.74. The van der Waals surface area contributed by atoms with Gasteiger partial charge < -0.3 is 15.1 Å². The van der Waals surface area contributed by atoms with E-state index in [1.165, 1.54) is 24.3 Å². The van der Waals surface area contributed by atoms with Crippen LogP contribution in [0.15, 0.2) is 67.0 Å². The van der Waals surface area contributed by atoms with Crippen LogP contribution in [0.1, 0.15) is 15.9 Å². The molecule has 0 atom stereocenters. The van der Waals surface area contributed by atoms with E-state index in [9.17, 15) is 14.0 Å². The number of halogens is 1. The normalized spacial score (nSPS) is 13.9. The number of rotatable bonds is 4. The van der Waals surface area contributed by atoms with Crippen molar-refractivity contribution in [3.63, 3.8) is 0 Å². The van der Waals surface area contributed by atoms with Crippen LogP contribution in [0, 0.1) is 5.82 Å². The van der Waals surface area contributed by atoms with Crippen molar-refractivity contribution in [3.05, 3.63) is 83.9 Å². The molecule has 2 aromatic carbocycles. The summed E-state index contributed by atoms with van der Waals surface area (Å²) in [7, 11) is 0. The largest absolute Gasteiger partial charge is 0.335 e. The lowest BCUT2D eigenvalue weighted by molar-refractivity contribution is 0.0671. The van der Waals surface area contributed by atoms with Gasteiger partial charge in [0.1, 0.15) is 5.82 Å². The van der Waals surface area contributed by atoms with Crippen LogP contribution in [0.4, 0.5) is 14.9 Å². The van der Waals surface area contributed by atoms with Gasteiger partial charge in [-0.05, 0) is 48.0 Å².